The Hall–Kier alpha value is -4.80. The fraction of sp³-hybridized carbons (Fsp3) is 0.538. The number of nitriles is 1. The Morgan fingerprint density at radius 1 is 1.02 bits per heavy atom. The Kier molecular flexibility index (Phi) is 9.21. The van der Waals surface area contributed by atoms with Crippen molar-refractivity contribution >= 4 is 17.3 Å². The number of hydrogen-bond acceptors (Lipinski definition) is 12. The SMILES string of the molecule is COc1ccc(CN2C3CC2CN(c2cnc(-c4cc(OCCN5CC6CCCC(C(=O)OC(C)(C)C)C6C5)cn5ncc(C#N)c45)cn2)C3)cn1. The van der Waals surface area contributed by atoms with Gasteiger partial charge < -0.3 is 19.1 Å². The van der Waals surface area contributed by atoms with Crippen LogP contribution in [0.3, 0.4) is 0 Å². The Morgan fingerprint density at radius 2 is 1.87 bits per heavy atom. The number of piperazine rings is 1. The lowest BCUT2D eigenvalue weighted by Gasteiger charge is -2.56. The highest BCUT2D eigenvalue weighted by Gasteiger charge is 2.45. The maximum absolute atomic E-state index is 13.0. The number of methoxy groups -OCH3 is 1. The van der Waals surface area contributed by atoms with E-state index in [9.17, 15) is 10.1 Å². The van der Waals surface area contributed by atoms with E-state index in [0.29, 0.717) is 58.9 Å². The van der Waals surface area contributed by atoms with Crippen molar-refractivity contribution in [2.45, 2.75) is 70.7 Å². The van der Waals surface area contributed by atoms with Crippen LogP contribution in [-0.2, 0) is 16.1 Å². The number of carbonyl (C=O) groups excluding carboxylic acids is 1. The molecular formula is C39H47N9O4. The number of likely N-dealkylation sites (tertiary alicyclic amines) is 1. The summed E-state index contributed by atoms with van der Waals surface area (Å²) in [4.78, 5) is 34.4. The molecule has 13 nitrogen and oxygen atoms in total. The molecule has 5 fully saturated rings. The molecule has 0 aromatic carbocycles. The Labute approximate surface area is 304 Å². The molecule has 0 N–H and O–H groups in total. The molecule has 8 heterocycles. The molecular weight excluding hydrogens is 658 g/mol. The van der Waals surface area contributed by atoms with Gasteiger partial charge in [-0.1, -0.05) is 12.5 Å². The molecule has 0 amide bonds. The number of anilines is 1. The van der Waals surface area contributed by atoms with Crippen molar-refractivity contribution in [2.75, 3.05) is 51.3 Å². The monoisotopic (exact) mass is 705 g/mol. The van der Waals surface area contributed by atoms with E-state index in [1.165, 1.54) is 12.0 Å². The number of carbonyl (C=O) groups is 1. The van der Waals surface area contributed by atoms with Gasteiger partial charge >= 0.3 is 5.97 Å². The Morgan fingerprint density at radius 3 is 2.58 bits per heavy atom. The van der Waals surface area contributed by atoms with Crippen LogP contribution in [0.25, 0.3) is 16.8 Å². The lowest BCUT2D eigenvalue weighted by atomic mass is 9.74. The van der Waals surface area contributed by atoms with E-state index in [2.05, 4.69) is 36.9 Å². The summed E-state index contributed by atoms with van der Waals surface area (Å²) in [5, 5.41) is 14.3. The van der Waals surface area contributed by atoms with Gasteiger partial charge in [0, 0.05) is 69.2 Å². The molecule has 5 atom stereocenters. The molecule has 5 unspecified atom stereocenters. The van der Waals surface area contributed by atoms with Crippen molar-refractivity contribution in [3.63, 3.8) is 0 Å². The minimum atomic E-state index is -0.472. The molecule has 52 heavy (non-hydrogen) atoms. The lowest BCUT2D eigenvalue weighted by molar-refractivity contribution is -0.163. The van der Waals surface area contributed by atoms with E-state index in [1.54, 1.807) is 24.0 Å². The first-order valence-corrected chi connectivity index (χ1v) is 18.5. The summed E-state index contributed by atoms with van der Waals surface area (Å²) < 4.78 is 19.0. The molecule has 5 aliphatic rings. The maximum atomic E-state index is 13.0. The molecule has 4 aromatic heterocycles. The molecule has 4 saturated heterocycles. The summed E-state index contributed by atoms with van der Waals surface area (Å²) >= 11 is 0. The van der Waals surface area contributed by atoms with Gasteiger partial charge in [-0.2, -0.15) is 10.4 Å². The van der Waals surface area contributed by atoms with E-state index < -0.39 is 5.60 Å². The van der Waals surface area contributed by atoms with Gasteiger partial charge in [0.2, 0.25) is 5.88 Å². The summed E-state index contributed by atoms with van der Waals surface area (Å²) in [6.07, 6.45) is 13.2. The van der Waals surface area contributed by atoms with Crippen LogP contribution in [0, 0.1) is 29.1 Å². The van der Waals surface area contributed by atoms with Gasteiger partial charge in [-0.15, -0.1) is 0 Å². The van der Waals surface area contributed by atoms with Crippen LogP contribution in [-0.4, -0.2) is 104 Å². The minimum Gasteiger partial charge on any atom is -0.491 e. The highest BCUT2D eigenvalue weighted by molar-refractivity contribution is 5.83. The number of pyridine rings is 2. The van der Waals surface area contributed by atoms with E-state index in [0.717, 1.165) is 69.9 Å². The van der Waals surface area contributed by atoms with E-state index in [4.69, 9.17) is 24.2 Å². The first kappa shape index (κ1) is 34.3. The zero-order valence-corrected chi connectivity index (χ0v) is 30.4. The summed E-state index contributed by atoms with van der Waals surface area (Å²) in [6.45, 7) is 11.6. The number of esters is 1. The molecule has 4 aliphatic heterocycles. The maximum Gasteiger partial charge on any atom is 0.309 e. The van der Waals surface area contributed by atoms with Gasteiger partial charge in [-0.3, -0.25) is 19.6 Å². The first-order valence-electron chi connectivity index (χ1n) is 18.5. The summed E-state index contributed by atoms with van der Waals surface area (Å²) in [5.74, 6) is 2.88. The second-order valence-electron chi connectivity index (χ2n) is 15.7. The van der Waals surface area contributed by atoms with E-state index in [1.807, 2.05) is 51.5 Å². The highest BCUT2D eigenvalue weighted by Crippen LogP contribution is 2.41. The fourth-order valence-corrected chi connectivity index (χ4v) is 8.75. The molecule has 9 rings (SSSR count). The Balaban J connectivity index is 0.915. The molecule has 0 spiro atoms. The molecule has 0 radical (unpaired) electrons. The highest BCUT2D eigenvalue weighted by atomic mass is 16.6. The number of piperidine rings is 1. The largest absolute Gasteiger partial charge is 0.491 e. The molecule has 1 saturated carbocycles. The number of rotatable bonds is 10. The van der Waals surface area contributed by atoms with Crippen LogP contribution in [0.1, 0.15) is 57.6 Å². The van der Waals surface area contributed by atoms with Gasteiger partial charge in [-0.05, 0) is 63.5 Å². The van der Waals surface area contributed by atoms with Crippen LogP contribution in [0.4, 0.5) is 5.82 Å². The van der Waals surface area contributed by atoms with Gasteiger partial charge in [0.05, 0.1) is 54.6 Å². The second-order valence-corrected chi connectivity index (χ2v) is 15.7. The third-order valence-electron chi connectivity index (χ3n) is 11.2. The number of hydrogen-bond donors (Lipinski definition) is 0. The van der Waals surface area contributed by atoms with Crippen LogP contribution < -0.4 is 14.4 Å². The summed E-state index contributed by atoms with van der Waals surface area (Å²) in [7, 11) is 1.63. The molecule has 1 aliphatic carbocycles. The topological polar surface area (TPSA) is 134 Å². The van der Waals surface area contributed by atoms with Gasteiger partial charge in [0.15, 0.2) is 0 Å². The van der Waals surface area contributed by atoms with Crippen molar-refractivity contribution in [3.8, 4) is 29.0 Å². The zero-order chi connectivity index (χ0) is 36.0. The summed E-state index contributed by atoms with van der Waals surface area (Å²) in [5.41, 5.74) is 3.26. The molecule has 272 valence electrons. The quantitative estimate of drug-likeness (QED) is 0.214. The molecule has 2 bridgehead atoms. The number of fused-ring (bicyclic) bond motifs is 4. The molecule has 4 aromatic rings. The van der Waals surface area contributed by atoms with Crippen LogP contribution in [0.15, 0.2) is 49.2 Å². The van der Waals surface area contributed by atoms with Crippen molar-refractivity contribution in [1.29, 1.82) is 5.26 Å². The number of aromatic nitrogens is 5. The zero-order valence-electron chi connectivity index (χ0n) is 30.4. The fourth-order valence-electron chi connectivity index (χ4n) is 8.75. The standard InChI is InChI=1S/C39H47N9O4/c1-39(2,3)52-38(49)31-7-5-6-26-20-45(24-33(26)31)10-11-51-30-13-32(37-27(14-40)16-44-48(37)23-30)34-17-42-35(18-41-34)46-21-28-12-29(22-46)47(28)19-25-8-9-36(50-4)43-15-25/h8-9,13,15-18,23,26,28-29,31,33H,5-7,10-12,19-22,24H2,1-4H3. The third-order valence-corrected chi connectivity index (χ3v) is 11.2. The van der Waals surface area contributed by atoms with Crippen molar-refractivity contribution in [2.24, 2.45) is 17.8 Å². The average molecular weight is 706 g/mol. The normalized spacial score (nSPS) is 24.6. The number of nitrogens with zero attached hydrogens (tertiary/aromatic N) is 9. The van der Waals surface area contributed by atoms with E-state index in [-0.39, 0.29) is 11.9 Å². The Bertz CT molecular complexity index is 1940. The predicted octanol–water partition coefficient (Wildman–Crippen LogP) is 4.60. The second kappa shape index (κ2) is 14.0. The van der Waals surface area contributed by atoms with Crippen LogP contribution in [0.5, 0.6) is 11.6 Å². The molecule has 13 heteroatoms. The van der Waals surface area contributed by atoms with Crippen molar-refractivity contribution in [3.05, 3.63) is 60.3 Å². The van der Waals surface area contributed by atoms with Gasteiger partial charge in [-0.25, -0.2) is 14.5 Å². The van der Waals surface area contributed by atoms with Crippen molar-refractivity contribution in [1.82, 2.24) is 34.4 Å². The summed E-state index contributed by atoms with van der Waals surface area (Å²) in [6, 6.07) is 9.12. The van der Waals surface area contributed by atoms with Gasteiger partial charge in [0.1, 0.15) is 29.8 Å². The first-order chi connectivity index (χ1) is 25.2. The number of ether oxygens (including phenoxy) is 3. The predicted molar refractivity (Wildman–Crippen MR) is 194 cm³/mol. The lowest BCUT2D eigenvalue weighted by Crippen LogP contribution is -2.68. The smallest absolute Gasteiger partial charge is 0.309 e. The van der Waals surface area contributed by atoms with Crippen LogP contribution in [0.2, 0.25) is 0 Å². The van der Waals surface area contributed by atoms with E-state index >= 15 is 0 Å². The average Bonchev–Trinajstić information content (AvgIpc) is 3.77. The van der Waals surface area contributed by atoms with Crippen molar-refractivity contribution < 1.29 is 19.0 Å². The van der Waals surface area contributed by atoms with Crippen LogP contribution >= 0.6 is 0 Å². The minimum absolute atomic E-state index is 0.0336. The van der Waals surface area contributed by atoms with Gasteiger partial charge in [0.25, 0.3) is 0 Å². The third kappa shape index (κ3) is 6.89.